The summed E-state index contributed by atoms with van der Waals surface area (Å²) in [6.07, 6.45) is 6.25. The number of hydrogen-bond acceptors (Lipinski definition) is 5. The van der Waals surface area contributed by atoms with Crippen molar-refractivity contribution in [1.29, 1.82) is 0 Å². The number of carbonyl (C=O) groups is 1. The maximum Gasteiger partial charge on any atom is 0.225 e. The number of carbonyl (C=O) groups excluding carboxylic acids is 1. The van der Waals surface area contributed by atoms with Crippen LogP contribution in [0.15, 0.2) is 12.4 Å². The molecule has 0 unspecified atom stereocenters. The van der Waals surface area contributed by atoms with Gasteiger partial charge in [-0.2, -0.15) is 0 Å². The summed E-state index contributed by atoms with van der Waals surface area (Å²) in [6.45, 7) is 4.61. The first-order valence-corrected chi connectivity index (χ1v) is 5.97. The molecule has 1 aromatic heterocycles. The Morgan fingerprint density at radius 1 is 1.41 bits per heavy atom. The van der Waals surface area contributed by atoms with Gasteiger partial charge in [-0.25, -0.2) is 9.97 Å². The Hall–Kier alpha value is -1.49. The second-order valence-electron chi connectivity index (χ2n) is 4.08. The molecule has 0 N–H and O–H groups in total. The van der Waals surface area contributed by atoms with Gasteiger partial charge in [0, 0.05) is 32.1 Å². The number of ether oxygens (including phenoxy) is 1. The molecule has 1 aliphatic heterocycles. The molecule has 0 atom stereocenters. The van der Waals surface area contributed by atoms with E-state index in [0.29, 0.717) is 17.6 Å². The van der Waals surface area contributed by atoms with Crippen LogP contribution in [0.25, 0.3) is 0 Å². The molecule has 17 heavy (non-hydrogen) atoms. The van der Waals surface area contributed by atoms with Gasteiger partial charge in [-0.1, -0.05) is 0 Å². The van der Waals surface area contributed by atoms with E-state index < -0.39 is 0 Å². The van der Waals surface area contributed by atoms with Crippen molar-refractivity contribution in [1.82, 2.24) is 9.97 Å². The second-order valence-corrected chi connectivity index (χ2v) is 4.08. The molecule has 0 bridgehead atoms. The van der Waals surface area contributed by atoms with Gasteiger partial charge in [-0.05, 0) is 19.8 Å². The Bertz CT molecular complexity index is 359. The minimum Gasteiger partial charge on any atom is -0.378 e. The molecule has 1 aromatic rings. The molecular formula is C12H17N3O2. The Labute approximate surface area is 101 Å². The van der Waals surface area contributed by atoms with Crippen LogP contribution in [-0.2, 0) is 4.74 Å². The summed E-state index contributed by atoms with van der Waals surface area (Å²) in [6, 6.07) is 0. The molecule has 0 saturated carbocycles. The van der Waals surface area contributed by atoms with E-state index in [9.17, 15) is 4.79 Å². The zero-order valence-electron chi connectivity index (χ0n) is 10.0. The zero-order chi connectivity index (χ0) is 12.1. The highest BCUT2D eigenvalue weighted by Gasteiger charge is 2.20. The molecule has 1 fully saturated rings. The van der Waals surface area contributed by atoms with Crippen molar-refractivity contribution in [3.63, 3.8) is 0 Å². The average Bonchev–Trinajstić information content (AvgIpc) is 2.40. The smallest absolute Gasteiger partial charge is 0.225 e. The largest absolute Gasteiger partial charge is 0.378 e. The van der Waals surface area contributed by atoms with E-state index in [4.69, 9.17) is 4.74 Å². The van der Waals surface area contributed by atoms with E-state index in [-0.39, 0.29) is 0 Å². The van der Waals surface area contributed by atoms with Crippen LogP contribution in [0.4, 0.5) is 5.95 Å². The molecule has 0 amide bonds. The van der Waals surface area contributed by atoms with Gasteiger partial charge in [-0.15, -0.1) is 0 Å². The van der Waals surface area contributed by atoms with Gasteiger partial charge >= 0.3 is 0 Å². The quantitative estimate of drug-likeness (QED) is 0.736. The molecule has 5 nitrogen and oxygen atoms in total. The molecule has 2 heterocycles. The molecule has 92 valence electrons. The molecule has 2 rings (SSSR count). The average molecular weight is 235 g/mol. The standard InChI is InChI=1S/C12H17N3O2/c1-2-17-11-3-5-15(6-4-11)12-13-7-10(9-16)8-14-12/h7-9,11H,2-6H2,1H3. The molecule has 0 spiro atoms. The van der Waals surface area contributed by atoms with Crippen molar-refractivity contribution < 1.29 is 9.53 Å². The first-order chi connectivity index (χ1) is 8.33. The van der Waals surface area contributed by atoms with Crippen LogP contribution < -0.4 is 4.90 Å². The first-order valence-electron chi connectivity index (χ1n) is 5.97. The number of nitrogens with zero attached hydrogens (tertiary/aromatic N) is 3. The van der Waals surface area contributed by atoms with Crippen molar-refractivity contribution in [3.05, 3.63) is 18.0 Å². The van der Waals surface area contributed by atoms with Crippen molar-refractivity contribution in [2.75, 3.05) is 24.6 Å². The lowest BCUT2D eigenvalue weighted by Gasteiger charge is -2.31. The van der Waals surface area contributed by atoms with Crippen molar-refractivity contribution in [3.8, 4) is 0 Å². The minimum absolute atomic E-state index is 0.366. The third kappa shape index (κ3) is 3.00. The van der Waals surface area contributed by atoms with Crippen LogP contribution in [-0.4, -0.2) is 42.1 Å². The summed E-state index contributed by atoms with van der Waals surface area (Å²) in [5, 5.41) is 0. The number of hydrogen-bond donors (Lipinski definition) is 0. The van der Waals surface area contributed by atoms with Gasteiger partial charge in [0.1, 0.15) is 0 Å². The molecule has 0 radical (unpaired) electrons. The van der Waals surface area contributed by atoms with Gasteiger partial charge in [0.25, 0.3) is 0 Å². The van der Waals surface area contributed by atoms with Crippen LogP contribution in [0.2, 0.25) is 0 Å². The van der Waals surface area contributed by atoms with E-state index in [1.807, 2.05) is 6.92 Å². The number of rotatable bonds is 4. The minimum atomic E-state index is 0.366. The Kier molecular flexibility index (Phi) is 4.03. The fourth-order valence-electron chi connectivity index (χ4n) is 2.01. The summed E-state index contributed by atoms with van der Waals surface area (Å²) >= 11 is 0. The summed E-state index contributed by atoms with van der Waals surface area (Å²) in [4.78, 5) is 21.0. The summed E-state index contributed by atoms with van der Waals surface area (Å²) in [5.74, 6) is 0.700. The number of aldehydes is 1. The van der Waals surface area contributed by atoms with Crippen molar-refractivity contribution in [2.45, 2.75) is 25.9 Å². The lowest BCUT2D eigenvalue weighted by molar-refractivity contribution is 0.0457. The van der Waals surface area contributed by atoms with Crippen LogP contribution in [0.3, 0.4) is 0 Å². The van der Waals surface area contributed by atoms with E-state index in [2.05, 4.69) is 14.9 Å². The normalized spacial score (nSPS) is 17.1. The maximum absolute atomic E-state index is 10.5. The third-order valence-corrected chi connectivity index (χ3v) is 2.92. The SMILES string of the molecule is CCOC1CCN(c2ncc(C=O)cn2)CC1. The number of anilines is 1. The van der Waals surface area contributed by atoms with Crippen molar-refractivity contribution in [2.24, 2.45) is 0 Å². The molecule has 1 aliphatic rings. The van der Waals surface area contributed by atoms with E-state index in [1.54, 1.807) is 12.4 Å². The topological polar surface area (TPSA) is 55.3 Å². The fourth-order valence-corrected chi connectivity index (χ4v) is 2.01. The van der Waals surface area contributed by atoms with Crippen LogP contribution in [0, 0.1) is 0 Å². The van der Waals surface area contributed by atoms with Crippen LogP contribution in [0.1, 0.15) is 30.1 Å². The van der Waals surface area contributed by atoms with E-state index >= 15 is 0 Å². The van der Waals surface area contributed by atoms with Gasteiger partial charge in [0.2, 0.25) is 5.95 Å². The molecule has 0 aliphatic carbocycles. The van der Waals surface area contributed by atoms with Gasteiger partial charge in [0.15, 0.2) is 6.29 Å². The highest BCUT2D eigenvalue weighted by molar-refractivity contribution is 5.73. The van der Waals surface area contributed by atoms with Crippen molar-refractivity contribution >= 4 is 12.2 Å². The second kappa shape index (κ2) is 5.72. The Morgan fingerprint density at radius 2 is 2.06 bits per heavy atom. The highest BCUT2D eigenvalue weighted by atomic mass is 16.5. The fraction of sp³-hybridized carbons (Fsp3) is 0.583. The van der Waals surface area contributed by atoms with Gasteiger partial charge < -0.3 is 9.64 Å². The summed E-state index contributed by atoms with van der Waals surface area (Å²) in [5.41, 5.74) is 0.512. The molecule has 5 heteroatoms. The molecule has 0 aromatic carbocycles. The number of aromatic nitrogens is 2. The Balaban J connectivity index is 1.93. The lowest BCUT2D eigenvalue weighted by atomic mass is 10.1. The predicted molar refractivity (Wildman–Crippen MR) is 64.3 cm³/mol. The summed E-state index contributed by atoms with van der Waals surface area (Å²) in [7, 11) is 0. The summed E-state index contributed by atoms with van der Waals surface area (Å²) < 4.78 is 5.59. The highest BCUT2D eigenvalue weighted by Crippen LogP contribution is 2.17. The zero-order valence-corrected chi connectivity index (χ0v) is 10.0. The van der Waals surface area contributed by atoms with Gasteiger partial charge in [0.05, 0.1) is 11.7 Å². The first kappa shape index (κ1) is 12.0. The van der Waals surface area contributed by atoms with Gasteiger partial charge in [-0.3, -0.25) is 4.79 Å². The Morgan fingerprint density at radius 3 is 2.59 bits per heavy atom. The van der Waals surface area contributed by atoms with E-state index in [0.717, 1.165) is 38.8 Å². The number of piperidine rings is 1. The molecule has 1 saturated heterocycles. The molecular weight excluding hydrogens is 218 g/mol. The third-order valence-electron chi connectivity index (χ3n) is 2.92. The van der Waals surface area contributed by atoms with Crippen LogP contribution >= 0.6 is 0 Å². The van der Waals surface area contributed by atoms with E-state index in [1.165, 1.54) is 0 Å². The maximum atomic E-state index is 10.5. The lowest BCUT2D eigenvalue weighted by Crippen LogP contribution is -2.38. The predicted octanol–water partition coefficient (Wildman–Crippen LogP) is 1.29. The monoisotopic (exact) mass is 235 g/mol. The van der Waals surface area contributed by atoms with Crippen LogP contribution in [0.5, 0.6) is 0 Å².